The molecule has 4 heterocycles. The molecule has 0 N–H and O–H groups in total. The van der Waals surface area contributed by atoms with Gasteiger partial charge in [-0.1, -0.05) is 0 Å². The van der Waals surface area contributed by atoms with Crippen LogP contribution in [0.2, 0.25) is 0 Å². The van der Waals surface area contributed by atoms with E-state index in [-0.39, 0.29) is 84.3 Å². The van der Waals surface area contributed by atoms with Crippen molar-refractivity contribution in [2.75, 3.05) is 0 Å². The van der Waals surface area contributed by atoms with Crippen molar-refractivity contribution in [1.82, 2.24) is 0 Å². The molecule has 0 saturated carbocycles. The topological polar surface area (TPSA) is 0 Å². The van der Waals surface area contributed by atoms with Crippen molar-refractivity contribution in [3.8, 4) is 0 Å². The molecule has 52 heavy (non-hydrogen) atoms. The Balaban J connectivity index is 0.000000150. The molecule has 0 radical (unpaired) electrons. The van der Waals surface area contributed by atoms with Gasteiger partial charge in [0.05, 0.1) is 0 Å². The van der Waals surface area contributed by atoms with Gasteiger partial charge in [-0.05, 0) is 0 Å². The van der Waals surface area contributed by atoms with E-state index in [1.54, 1.807) is 0 Å². The van der Waals surface area contributed by atoms with Crippen LogP contribution >= 0.6 is 0 Å². The summed E-state index contributed by atoms with van der Waals surface area (Å²) < 4.78 is 5.88. The van der Waals surface area contributed by atoms with Crippen LogP contribution in [0.25, 0.3) is 103 Å². The number of rotatable bonds is 0. The van der Waals surface area contributed by atoms with E-state index in [0.29, 0.717) is 58.0 Å². The van der Waals surface area contributed by atoms with E-state index in [1.807, 2.05) is 0 Å². The van der Waals surface area contributed by atoms with Gasteiger partial charge in [-0.15, -0.1) is 0 Å². The molecule has 0 bridgehead atoms. The van der Waals surface area contributed by atoms with Gasteiger partial charge in [-0.2, -0.15) is 0 Å². The molecular formula is C44H20Se4W4-4. The first-order valence-corrected chi connectivity index (χ1v) is 22.6. The SMILES string of the molecule is [W].[W].[W].[W].[c-]1cc2c(ccc3c2ccc2c4ccc5[se][c-]cc5c4ccc32)[se]1.[c-]1cc2ccc3c4ccc5c(ccc6c[c-][se]c65)c4ccc3c2[se]1. The number of benzene rings is 8. The molecule has 0 spiro atoms. The Morgan fingerprint density at radius 1 is 0.250 bits per heavy atom. The van der Waals surface area contributed by atoms with Crippen LogP contribution in [0.4, 0.5) is 0 Å². The second-order valence-corrected chi connectivity index (χ2v) is 19.5. The minimum atomic E-state index is 0. The summed E-state index contributed by atoms with van der Waals surface area (Å²) in [6.07, 6.45) is 0. The summed E-state index contributed by atoms with van der Waals surface area (Å²) in [4.78, 5) is 13.7. The first kappa shape index (κ1) is 39.3. The second kappa shape index (κ2) is 15.9. The Morgan fingerprint density at radius 2 is 0.519 bits per heavy atom. The Morgan fingerprint density at radius 3 is 0.904 bits per heavy atom. The Hall–Kier alpha value is -0.889. The van der Waals surface area contributed by atoms with Crippen molar-refractivity contribution in [3.63, 3.8) is 0 Å². The van der Waals surface area contributed by atoms with E-state index >= 15 is 0 Å². The number of fused-ring (bicyclic) bond motifs is 18. The van der Waals surface area contributed by atoms with Crippen LogP contribution < -0.4 is 0 Å². The molecule has 0 saturated heterocycles. The zero-order valence-corrected chi connectivity index (χ0v) is 45.4. The first-order chi connectivity index (χ1) is 23.8. The van der Waals surface area contributed by atoms with Gasteiger partial charge in [0.1, 0.15) is 0 Å². The van der Waals surface area contributed by atoms with Gasteiger partial charge in [0.15, 0.2) is 0 Å². The fourth-order valence-corrected chi connectivity index (χ4v) is 14.1. The van der Waals surface area contributed by atoms with Gasteiger partial charge < -0.3 is 0 Å². The molecule has 0 fully saturated rings. The fraction of sp³-hybridized carbons (Fsp3) is 0. The van der Waals surface area contributed by atoms with Gasteiger partial charge in [-0.25, -0.2) is 0 Å². The van der Waals surface area contributed by atoms with Crippen LogP contribution in [0, 0.1) is 19.8 Å². The molecule has 12 rings (SSSR count). The van der Waals surface area contributed by atoms with Crippen LogP contribution in [0.3, 0.4) is 0 Å². The van der Waals surface area contributed by atoms with Gasteiger partial charge in [-0.3, -0.25) is 0 Å². The zero-order chi connectivity index (χ0) is 31.3. The predicted molar refractivity (Wildman–Crippen MR) is 211 cm³/mol. The van der Waals surface area contributed by atoms with E-state index in [9.17, 15) is 0 Å². The van der Waals surface area contributed by atoms with Crippen LogP contribution in [0.5, 0.6) is 0 Å². The van der Waals surface area contributed by atoms with Crippen molar-refractivity contribution in [2.24, 2.45) is 0 Å². The molecule has 0 aliphatic carbocycles. The van der Waals surface area contributed by atoms with Gasteiger partial charge in [0.2, 0.25) is 0 Å². The molecule has 0 atom stereocenters. The molecular weight excluding hydrogens is 1580 g/mol. The standard InChI is InChI=1S/2C22H10Se2.4W/c1-3-17-15-5-8-20-18(4-2-14-10-12-24-22(14)20)16(15)6-7-19(17)21-13(1)9-11-23-21;1-3-17-16(6-8-21-19(17)9-11-23-21)14-2-4-18-15(13(1)14)5-7-22-20(18)10-12-24-22;;;;/h2*1-10H;;;;/q2*-2;;;;. The molecule has 8 aromatic carbocycles. The summed E-state index contributed by atoms with van der Waals surface area (Å²) in [5.74, 6) is 0. The summed E-state index contributed by atoms with van der Waals surface area (Å²) in [6, 6.07) is 45.4. The van der Waals surface area contributed by atoms with Crippen LogP contribution in [0.15, 0.2) is 121 Å². The second-order valence-electron chi connectivity index (χ2n) is 12.2. The van der Waals surface area contributed by atoms with E-state index in [2.05, 4.69) is 141 Å². The summed E-state index contributed by atoms with van der Waals surface area (Å²) >= 11 is 1.47. The zero-order valence-electron chi connectivity index (χ0n) is 26.8. The van der Waals surface area contributed by atoms with Crippen molar-refractivity contribution in [3.05, 3.63) is 141 Å². The maximum atomic E-state index is 3.41. The first-order valence-electron chi connectivity index (χ1n) is 15.7. The quantitative estimate of drug-likeness (QED) is 0.0807. The van der Waals surface area contributed by atoms with E-state index in [0.717, 1.165) is 0 Å². The van der Waals surface area contributed by atoms with E-state index < -0.39 is 0 Å². The van der Waals surface area contributed by atoms with E-state index in [4.69, 9.17) is 0 Å². The van der Waals surface area contributed by atoms with Crippen molar-refractivity contribution in [1.29, 1.82) is 0 Å². The van der Waals surface area contributed by atoms with Gasteiger partial charge >= 0.3 is 302 Å². The summed E-state index contributed by atoms with van der Waals surface area (Å²) in [5.41, 5.74) is 0. The monoisotopic (exact) mass is 1600 g/mol. The average molecular weight is 1600 g/mol. The molecule has 8 heteroatoms. The van der Waals surface area contributed by atoms with Crippen molar-refractivity contribution < 1.29 is 84.3 Å². The molecule has 0 amide bonds. The fourth-order valence-electron chi connectivity index (χ4n) is 7.60. The average Bonchev–Trinajstić information content (AvgIpc) is 3.97. The van der Waals surface area contributed by atoms with E-state index in [1.165, 1.54) is 103 Å². The van der Waals surface area contributed by atoms with Crippen LogP contribution in [0.1, 0.15) is 0 Å². The van der Waals surface area contributed by atoms with Gasteiger partial charge in [0, 0.05) is 84.3 Å². The number of hydrogen-bond donors (Lipinski definition) is 0. The molecule has 0 nitrogen and oxygen atoms in total. The summed E-state index contributed by atoms with van der Waals surface area (Å²) in [5, 5.41) is 21.9. The molecule has 0 unspecified atom stereocenters. The van der Waals surface area contributed by atoms with Crippen LogP contribution in [-0.2, 0) is 84.3 Å². The third kappa shape index (κ3) is 6.23. The summed E-state index contributed by atoms with van der Waals surface area (Å²) in [7, 11) is 0. The third-order valence-electron chi connectivity index (χ3n) is 9.85. The summed E-state index contributed by atoms with van der Waals surface area (Å²) in [6.45, 7) is 0. The normalized spacial score (nSPS) is 11.2. The molecule has 4 aromatic heterocycles. The Bertz CT molecular complexity index is 2820. The van der Waals surface area contributed by atoms with Crippen molar-refractivity contribution >= 4 is 161 Å². The minimum absolute atomic E-state index is 0. The van der Waals surface area contributed by atoms with Crippen LogP contribution in [-0.4, -0.2) is 58.0 Å². The molecule has 248 valence electrons. The molecule has 12 aromatic rings. The Kier molecular flexibility index (Phi) is 12.1. The number of hydrogen-bond acceptors (Lipinski definition) is 0. The van der Waals surface area contributed by atoms with Crippen molar-refractivity contribution in [2.45, 2.75) is 0 Å². The third-order valence-corrected chi connectivity index (χ3v) is 17.0. The predicted octanol–water partition coefficient (Wildman–Crippen LogP) is 10.3. The molecule has 0 aliphatic heterocycles. The Labute approximate surface area is 381 Å². The maximum absolute atomic E-state index is 3.41. The van der Waals surface area contributed by atoms with Gasteiger partial charge in [0.25, 0.3) is 0 Å². The molecule has 0 aliphatic rings.